The van der Waals surface area contributed by atoms with E-state index in [2.05, 4.69) is 9.47 Å². The van der Waals surface area contributed by atoms with E-state index in [1.807, 2.05) is 0 Å². The van der Waals surface area contributed by atoms with Gasteiger partial charge in [-0.2, -0.15) is 114 Å². The number of carbonyl (C=O) groups excluding carboxylic acids is 2. The smallest absolute Gasteiger partial charge is 0.459 e. The molecule has 0 fully saturated rings. The molecule has 0 aromatic carbocycles. The van der Waals surface area contributed by atoms with E-state index in [4.69, 9.17) is 0 Å². The molecular weight excluding hydrogens is 850 g/mol. The quantitative estimate of drug-likeness (QED) is 0.0668. The summed E-state index contributed by atoms with van der Waals surface area (Å²) in [6.45, 7) is -8.25. The van der Waals surface area contributed by atoms with Crippen LogP contribution < -0.4 is 5.32 Å². The van der Waals surface area contributed by atoms with Crippen molar-refractivity contribution >= 4 is 11.9 Å². The maximum atomic E-state index is 14.0. The first-order valence-electron chi connectivity index (χ1n) is 12.9. The van der Waals surface area contributed by atoms with Crippen molar-refractivity contribution in [1.82, 2.24) is 5.32 Å². The first kappa shape index (κ1) is 51.0. The summed E-state index contributed by atoms with van der Waals surface area (Å²) in [5, 5.41) is 1.69. The molecule has 0 amide bonds. The van der Waals surface area contributed by atoms with Gasteiger partial charge in [0.2, 0.25) is 0 Å². The highest BCUT2D eigenvalue weighted by molar-refractivity contribution is 5.82. The van der Waals surface area contributed by atoms with Gasteiger partial charge in [-0.25, -0.2) is 0 Å². The Kier molecular flexibility index (Phi) is 13.7. The minimum atomic E-state index is -8.38. The molecule has 0 saturated carbocycles. The van der Waals surface area contributed by atoms with Crippen molar-refractivity contribution in [3.63, 3.8) is 0 Å². The SMILES string of the molecule is C[N+](C)(C)CNC(CC(=O)OCC(F)(F)C(F)(F)C(F)(F)C(F)(F)C(F)(F)C(F)(F)F)C(=O)OCC(F)(F)C(F)(F)C(F)(F)C(F)(F)C(F)(F)C(F)(F)F. The number of rotatable bonds is 18. The van der Waals surface area contributed by atoms with Crippen LogP contribution in [-0.4, -0.2) is 135 Å². The van der Waals surface area contributed by atoms with Crippen molar-refractivity contribution in [2.75, 3.05) is 41.0 Å². The van der Waals surface area contributed by atoms with E-state index in [0.29, 0.717) is 0 Å². The summed E-state index contributed by atoms with van der Waals surface area (Å²) in [6.07, 6.45) is -17.8. The van der Waals surface area contributed by atoms with Crippen LogP contribution in [0.1, 0.15) is 6.42 Å². The van der Waals surface area contributed by atoms with Crippen LogP contribution in [0.2, 0.25) is 0 Å². The Morgan fingerprint density at radius 3 is 1.02 bits per heavy atom. The Balaban J connectivity index is 6.34. The number of hydrogen-bond acceptors (Lipinski definition) is 5. The molecular formula is C22H19F26N2O4+. The minimum Gasteiger partial charge on any atom is -0.459 e. The van der Waals surface area contributed by atoms with Crippen LogP contribution in [0, 0.1) is 0 Å². The zero-order valence-corrected chi connectivity index (χ0v) is 25.8. The minimum absolute atomic E-state index is 0.544. The number of alkyl halides is 26. The lowest BCUT2D eigenvalue weighted by molar-refractivity contribution is -0.873. The van der Waals surface area contributed by atoms with Crippen LogP contribution in [0.5, 0.6) is 0 Å². The van der Waals surface area contributed by atoms with Crippen LogP contribution in [0.4, 0.5) is 114 Å². The van der Waals surface area contributed by atoms with Gasteiger partial charge in [-0.1, -0.05) is 0 Å². The van der Waals surface area contributed by atoms with Crippen molar-refractivity contribution in [2.24, 2.45) is 0 Å². The second kappa shape index (κ2) is 14.5. The molecule has 32 heteroatoms. The van der Waals surface area contributed by atoms with E-state index in [1.54, 1.807) is 5.32 Å². The molecule has 0 heterocycles. The van der Waals surface area contributed by atoms with Crippen molar-refractivity contribution in [2.45, 2.75) is 84.0 Å². The Hall–Kier alpha value is -2.96. The molecule has 54 heavy (non-hydrogen) atoms. The van der Waals surface area contributed by atoms with Gasteiger partial charge in [-0.05, 0) is 0 Å². The third-order valence-electron chi connectivity index (χ3n) is 6.27. The second-order valence-electron chi connectivity index (χ2n) is 11.7. The molecule has 0 bridgehead atoms. The van der Waals surface area contributed by atoms with E-state index >= 15 is 0 Å². The lowest BCUT2D eigenvalue weighted by atomic mass is 9.94. The fraction of sp³-hybridized carbons (Fsp3) is 0.909. The lowest BCUT2D eigenvalue weighted by Crippen LogP contribution is -2.70. The fourth-order valence-electron chi connectivity index (χ4n) is 3.07. The first-order valence-corrected chi connectivity index (χ1v) is 12.9. The van der Waals surface area contributed by atoms with Gasteiger partial charge in [-0.3, -0.25) is 14.9 Å². The summed E-state index contributed by atoms with van der Waals surface area (Å²) < 4.78 is 350. The first-order chi connectivity index (χ1) is 23.1. The summed E-state index contributed by atoms with van der Waals surface area (Å²) in [5.41, 5.74) is 0. The largest absolute Gasteiger partial charge is 0.460 e. The number of quaternary nitrogens is 1. The summed E-state index contributed by atoms with van der Waals surface area (Å²) in [5.74, 6) is -85.4. The Morgan fingerprint density at radius 2 is 0.741 bits per heavy atom. The van der Waals surface area contributed by atoms with Crippen LogP contribution in [-0.2, 0) is 19.1 Å². The predicted molar refractivity (Wildman–Crippen MR) is 118 cm³/mol. The van der Waals surface area contributed by atoms with E-state index in [9.17, 15) is 124 Å². The van der Waals surface area contributed by atoms with Gasteiger partial charge in [0.1, 0.15) is 12.7 Å². The van der Waals surface area contributed by atoms with Gasteiger partial charge >= 0.3 is 83.5 Å². The number of esters is 2. The van der Waals surface area contributed by atoms with E-state index in [1.165, 1.54) is 0 Å². The number of nitrogens with zero attached hydrogens (tertiary/aromatic N) is 1. The van der Waals surface area contributed by atoms with Gasteiger partial charge in [-0.15, -0.1) is 0 Å². The highest BCUT2D eigenvalue weighted by Gasteiger charge is 2.92. The van der Waals surface area contributed by atoms with Crippen molar-refractivity contribution in [3.05, 3.63) is 0 Å². The monoisotopic (exact) mass is 869 g/mol. The average Bonchev–Trinajstić information content (AvgIpc) is 2.94. The third kappa shape index (κ3) is 8.86. The number of ether oxygens (including phenoxy) is 2. The predicted octanol–water partition coefficient (Wildman–Crippen LogP) is 7.56. The molecule has 1 unspecified atom stereocenters. The molecule has 0 aliphatic heterocycles. The summed E-state index contributed by atoms with van der Waals surface area (Å²) in [6, 6.07) is -2.93. The molecule has 0 rings (SSSR count). The maximum Gasteiger partial charge on any atom is 0.460 e. The van der Waals surface area contributed by atoms with Gasteiger partial charge in [0.25, 0.3) is 0 Å². The molecule has 0 radical (unpaired) electrons. The molecule has 0 aliphatic carbocycles. The standard InChI is InChI=1S/C22H19F26N2O4/c1-50(2,3)7-49-8(10(52)54-6-12(25,26)14(29,30)16(33,34)18(37,38)20(41,42)22(46,47)48)4-9(51)53-5-11(23,24)13(27,28)15(31,32)17(35,36)19(39,40)21(43,44)45/h8,49H,4-7H2,1-3H3/q+1. The average molecular weight is 869 g/mol. The van der Waals surface area contributed by atoms with E-state index in [0.717, 1.165) is 21.1 Å². The highest BCUT2D eigenvalue weighted by atomic mass is 19.4. The Morgan fingerprint density at radius 1 is 0.463 bits per heavy atom. The second-order valence-corrected chi connectivity index (χ2v) is 11.7. The van der Waals surface area contributed by atoms with Crippen LogP contribution in [0.25, 0.3) is 0 Å². The molecule has 0 saturated heterocycles. The number of carbonyl (C=O) groups is 2. The Bertz CT molecular complexity index is 1330. The van der Waals surface area contributed by atoms with Crippen LogP contribution in [0.3, 0.4) is 0 Å². The normalized spacial score (nSPS) is 16.3. The number of halogens is 26. The van der Waals surface area contributed by atoms with Gasteiger partial charge in [0.05, 0.1) is 27.6 Å². The van der Waals surface area contributed by atoms with E-state index < -0.39 is 120 Å². The molecule has 0 aromatic rings. The van der Waals surface area contributed by atoms with Crippen molar-refractivity contribution < 1.29 is 138 Å². The zero-order valence-electron chi connectivity index (χ0n) is 25.8. The van der Waals surface area contributed by atoms with Crippen LogP contribution in [0.15, 0.2) is 0 Å². The van der Waals surface area contributed by atoms with Crippen LogP contribution >= 0.6 is 0 Å². The van der Waals surface area contributed by atoms with Gasteiger partial charge in [0, 0.05) is 0 Å². The fourth-order valence-corrected chi connectivity index (χ4v) is 3.07. The zero-order chi connectivity index (χ0) is 44.2. The van der Waals surface area contributed by atoms with Gasteiger partial charge < -0.3 is 14.0 Å². The van der Waals surface area contributed by atoms with E-state index in [-0.39, 0.29) is 0 Å². The number of nitrogens with one attached hydrogen (secondary N) is 1. The Labute approximate surface area is 281 Å². The van der Waals surface area contributed by atoms with Crippen molar-refractivity contribution in [3.8, 4) is 0 Å². The van der Waals surface area contributed by atoms with Gasteiger partial charge in [0.15, 0.2) is 13.2 Å². The summed E-state index contributed by atoms with van der Waals surface area (Å²) in [7, 11) is 3.30. The third-order valence-corrected chi connectivity index (χ3v) is 6.27. The lowest BCUT2D eigenvalue weighted by Gasteiger charge is -2.39. The topological polar surface area (TPSA) is 64.6 Å². The summed E-state index contributed by atoms with van der Waals surface area (Å²) >= 11 is 0. The van der Waals surface area contributed by atoms with Crippen molar-refractivity contribution in [1.29, 1.82) is 0 Å². The molecule has 1 atom stereocenters. The molecule has 0 spiro atoms. The maximum absolute atomic E-state index is 14.0. The molecule has 0 aromatic heterocycles. The highest BCUT2D eigenvalue weighted by Crippen LogP contribution is 2.61. The summed E-state index contributed by atoms with van der Waals surface area (Å²) in [4.78, 5) is 24.1. The molecule has 6 nitrogen and oxygen atoms in total. The molecule has 1 N–H and O–H groups in total. The number of hydrogen-bond donors (Lipinski definition) is 1. The molecule has 0 aliphatic rings. The molecule has 322 valence electrons.